The third-order valence-electron chi connectivity index (χ3n) is 6.54. The maximum absolute atomic E-state index is 6.36. The molecule has 0 radical (unpaired) electrons. The molecule has 2 nitrogen and oxygen atoms in total. The Kier molecular flexibility index (Phi) is 18.4. The lowest BCUT2D eigenvalue weighted by atomic mass is 10.0. The molecule has 0 aliphatic heterocycles. The summed E-state index contributed by atoms with van der Waals surface area (Å²) in [6.07, 6.45) is 22.3. The average molecular weight is 483 g/mol. The lowest BCUT2D eigenvalue weighted by Gasteiger charge is -2.29. The van der Waals surface area contributed by atoms with Crippen molar-refractivity contribution in [2.24, 2.45) is 0 Å². The van der Waals surface area contributed by atoms with E-state index >= 15 is 0 Å². The molecule has 1 aromatic carbocycles. The van der Waals surface area contributed by atoms with Crippen molar-refractivity contribution < 1.29 is 8.85 Å². The third kappa shape index (κ3) is 14.6. The molecule has 0 saturated carbocycles. The van der Waals surface area contributed by atoms with E-state index < -0.39 is 8.56 Å². The summed E-state index contributed by atoms with van der Waals surface area (Å²) in [5, 5.41) is 0.718. The summed E-state index contributed by atoms with van der Waals surface area (Å²) >= 11 is 6.11. The standard InChI is InChI=1S/C28H51ClO2Si/c1-4-7-8-9-10-11-12-13-14-15-16-17-18-19-20-21-25-30-32(5-2,6-3)31-28-24-22-23-27(29)26-28/h22-24,26H,4-21,25H2,1-3H3. The summed E-state index contributed by atoms with van der Waals surface area (Å²) in [7, 11) is -2.17. The first-order chi connectivity index (χ1) is 15.7. The zero-order chi connectivity index (χ0) is 23.3. The maximum atomic E-state index is 6.36. The molecule has 0 spiro atoms. The van der Waals surface area contributed by atoms with Crippen LogP contribution in [0.15, 0.2) is 24.3 Å². The van der Waals surface area contributed by atoms with Crippen LogP contribution in [-0.2, 0) is 4.43 Å². The molecule has 1 rings (SSSR count). The van der Waals surface area contributed by atoms with Crippen LogP contribution in [0.2, 0.25) is 17.1 Å². The Labute approximate surface area is 206 Å². The predicted octanol–water partition coefficient (Wildman–Crippen LogP) is 10.5. The quantitative estimate of drug-likeness (QED) is 0.121. The van der Waals surface area contributed by atoms with Gasteiger partial charge < -0.3 is 8.85 Å². The molecule has 0 aromatic heterocycles. The number of halogens is 1. The van der Waals surface area contributed by atoms with E-state index in [9.17, 15) is 0 Å². The first kappa shape index (κ1) is 29.5. The smallest absolute Gasteiger partial charge is 0.398 e. The molecule has 0 N–H and O–H groups in total. The van der Waals surface area contributed by atoms with E-state index in [-0.39, 0.29) is 0 Å². The molecule has 186 valence electrons. The second kappa shape index (κ2) is 19.9. The molecule has 0 aliphatic carbocycles. The van der Waals surface area contributed by atoms with E-state index in [2.05, 4.69) is 20.8 Å². The Balaban J connectivity index is 1.97. The molecule has 0 unspecified atom stereocenters. The van der Waals surface area contributed by atoms with Crippen LogP contribution in [0.4, 0.5) is 0 Å². The fourth-order valence-corrected chi connectivity index (χ4v) is 6.79. The summed E-state index contributed by atoms with van der Waals surface area (Å²) in [5.41, 5.74) is 0. The van der Waals surface area contributed by atoms with E-state index in [1.54, 1.807) is 0 Å². The van der Waals surface area contributed by atoms with Gasteiger partial charge in [0.15, 0.2) is 0 Å². The largest absolute Gasteiger partial charge is 0.520 e. The molecular formula is C28H51ClO2Si. The summed E-state index contributed by atoms with van der Waals surface area (Å²) in [5.74, 6) is 0.847. The number of rotatable bonds is 22. The van der Waals surface area contributed by atoms with Crippen molar-refractivity contribution in [2.75, 3.05) is 6.61 Å². The van der Waals surface area contributed by atoms with Gasteiger partial charge in [-0.05, 0) is 36.7 Å². The summed E-state index contributed by atoms with van der Waals surface area (Å²) in [4.78, 5) is 0. The van der Waals surface area contributed by atoms with Crippen LogP contribution in [0.25, 0.3) is 0 Å². The number of hydrogen-bond donors (Lipinski definition) is 0. The molecule has 0 aliphatic rings. The minimum Gasteiger partial charge on any atom is -0.520 e. The van der Waals surface area contributed by atoms with Crippen molar-refractivity contribution in [1.29, 1.82) is 0 Å². The Morgan fingerprint density at radius 3 is 1.56 bits per heavy atom. The van der Waals surface area contributed by atoms with Crippen LogP contribution < -0.4 is 4.43 Å². The molecule has 0 bridgehead atoms. The van der Waals surface area contributed by atoms with Gasteiger partial charge in [0.2, 0.25) is 0 Å². The Morgan fingerprint density at radius 1 is 0.656 bits per heavy atom. The van der Waals surface area contributed by atoms with Crippen LogP contribution >= 0.6 is 11.6 Å². The molecule has 0 saturated heterocycles. The first-order valence-electron chi connectivity index (χ1n) is 13.7. The lowest BCUT2D eigenvalue weighted by molar-refractivity contribution is 0.230. The van der Waals surface area contributed by atoms with Gasteiger partial charge in [-0.2, -0.15) is 0 Å². The van der Waals surface area contributed by atoms with Crippen molar-refractivity contribution >= 4 is 20.2 Å². The normalized spacial score (nSPS) is 11.8. The van der Waals surface area contributed by atoms with Gasteiger partial charge in [-0.1, -0.05) is 135 Å². The molecule has 32 heavy (non-hydrogen) atoms. The van der Waals surface area contributed by atoms with E-state index in [0.29, 0.717) is 0 Å². The molecule has 0 heterocycles. The van der Waals surface area contributed by atoms with Crippen LogP contribution in [0.5, 0.6) is 5.75 Å². The van der Waals surface area contributed by atoms with Gasteiger partial charge in [-0.15, -0.1) is 0 Å². The van der Waals surface area contributed by atoms with Gasteiger partial charge in [0.05, 0.1) is 0 Å². The highest BCUT2D eigenvalue weighted by atomic mass is 35.5. The van der Waals surface area contributed by atoms with E-state index in [1.165, 1.54) is 96.3 Å². The molecule has 0 amide bonds. The molecule has 0 atom stereocenters. The summed E-state index contributed by atoms with van der Waals surface area (Å²) in [6.45, 7) is 7.49. The fourth-order valence-electron chi connectivity index (χ4n) is 4.28. The Bertz CT molecular complexity index is 548. The van der Waals surface area contributed by atoms with Gasteiger partial charge in [0.1, 0.15) is 5.75 Å². The van der Waals surface area contributed by atoms with Crippen molar-refractivity contribution in [3.8, 4) is 5.75 Å². The molecule has 0 fully saturated rings. The minimum absolute atomic E-state index is 0.718. The Hall–Kier alpha value is -0.513. The van der Waals surface area contributed by atoms with Gasteiger partial charge >= 0.3 is 8.56 Å². The third-order valence-corrected chi connectivity index (χ3v) is 10.3. The number of benzene rings is 1. The minimum atomic E-state index is -2.17. The zero-order valence-corrected chi connectivity index (χ0v) is 23.2. The second-order valence-electron chi connectivity index (χ2n) is 9.33. The summed E-state index contributed by atoms with van der Waals surface area (Å²) in [6, 6.07) is 9.64. The zero-order valence-electron chi connectivity index (χ0n) is 21.4. The maximum Gasteiger partial charge on any atom is 0.398 e. The fraction of sp³-hybridized carbons (Fsp3) is 0.786. The van der Waals surface area contributed by atoms with Crippen LogP contribution in [-0.4, -0.2) is 15.2 Å². The van der Waals surface area contributed by atoms with Crippen LogP contribution in [0, 0.1) is 0 Å². The monoisotopic (exact) mass is 482 g/mol. The Morgan fingerprint density at radius 2 is 1.12 bits per heavy atom. The van der Waals surface area contributed by atoms with Crippen molar-refractivity contribution in [2.45, 2.75) is 136 Å². The van der Waals surface area contributed by atoms with E-state index in [1.807, 2.05) is 24.3 Å². The van der Waals surface area contributed by atoms with Gasteiger partial charge in [0, 0.05) is 11.6 Å². The number of unbranched alkanes of at least 4 members (excludes halogenated alkanes) is 15. The average Bonchev–Trinajstić information content (AvgIpc) is 2.80. The SMILES string of the molecule is CCCCCCCCCCCCCCCCCCO[Si](CC)(CC)Oc1cccc(Cl)c1. The van der Waals surface area contributed by atoms with Gasteiger partial charge in [-0.3, -0.25) is 0 Å². The highest BCUT2D eigenvalue weighted by molar-refractivity contribution is 6.68. The topological polar surface area (TPSA) is 18.5 Å². The van der Waals surface area contributed by atoms with Crippen LogP contribution in [0.1, 0.15) is 124 Å². The number of hydrogen-bond acceptors (Lipinski definition) is 2. The van der Waals surface area contributed by atoms with Crippen molar-refractivity contribution in [1.82, 2.24) is 0 Å². The van der Waals surface area contributed by atoms with E-state index in [0.717, 1.165) is 35.9 Å². The first-order valence-corrected chi connectivity index (χ1v) is 16.3. The highest BCUT2D eigenvalue weighted by Crippen LogP contribution is 2.26. The van der Waals surface area contributed by atoms with Crippen molar-refractivity contribution in [3.63, 3.8) is 0 Å². The highest BCUT2D eigenvalue weighted by Gasteiger charge is 2.35. The van der Waals surface area contributed by atoms with Crippen molar-refractivity contribution in [3.05, 3.63) is 29.3 Å². The predicted molar refractivity (Wildman–Crippen MR) is 144 cm³/mol. The van der Waals surface area contributed by atoms with Gasteiger partial charge in [-0.25, -0.2) is 0 Å². The molecule has 1 aromatic rings. The van der Waals surface area contributed by atoms with E-state index in [4.69, 9.17) is 20.5 Å². The second-order valence-corrected chi connectivity index (χ2v) is 13.5. The molecular weight excluding hydrogens is 432 g/mol. The lowest BCUT2D eigenvalue weighted by Crippen LogP contribution is -2.44. The molecule has 4 heteroatoms. The van der Waals surface area contributed by atoms with Crippen LogP contribution in [0.3, 0.4) is 0 Å². The summed E-state index contributed by atoms with van der Waals surface area (Å²) < 4.78 is 12.7. The van der Waals surface area contributed by atoms with Gasteiger partial charge in [0.25, 0.3) is 0 Å².